The van der Waals surface area contributed by atoms with Crippen molar-refractivity contribution in [2.24, 2.45) is 0 Å². The number of nitrogens with zero attached hydrogens (tertiary/aromatic N) is 2. The van der Waals surface area contributed by atoms with Gasteiger partial charge in [-0.3, -0.25) is 0 Å². The molecule has 0 unspecified atom stereocenters. The van der Waals surface area contributed by atoms with E-state index in [0.717, 1.165) is 5.56 Å². The van der Waals surface area contributed by atoms with Crippen LogP contribution in [0.3, 0.4) is 0 Å². The van der Waals surface area contributed by atoms with Crippen molar-refractivity contribution in [3.8, 4) is 45.8 Å². The molecule has 0 N–H and O–H groups in total. The molecule has 0 spiro atoms. The highest BCUT2D eigenvalue weighted by Gasteiger charge is 2.18. The first kappa shape index (κ1) is 18.9. The Morgan fingerprint density at radius 1 is 0.935 bits per heavy atom. The highest BCUT2D eigenvalue weighted by molar-refractivity contribution is 5.65. The van der Waals surface area contributed by atoms with Crippen molar-refractivity contribution in [2.75, 3.05) is 13.9 Å². The van der Waals surface area contributed by atoms with Gasteiger partial charge in [0, 0.05) is 16.7 Å². The Hall–Kier alpha value is -4.07. The molecule has 0 amide bonds. The van der Waals surface area contributed by atoms with Gasteiger partial charge in [-0.25, -0.2) is 4.39 Å². The van der Waals surface area contributed by atoms with E-state index in [1.807, 2.05) is 6.07 Å². The van der Waals surface area contributed by atoms with Crippen molar-refractivity contribution in [3.05, 3.63) is 72.0 Å². The molecule has 1 aliphatic heterocycles. The normalized spacial score (nSPS) is 12.1. The van der Waals surface area contributed by atoms with Crippen LogP contribution in [-0.2, 0) is 6.61 Å². The van der Waals surface area contributed by atoms with E-state index in [1.54, 1.807) is 48.5 Å². The number of ether oxygens (including phenoxy) is 4. The van der Waals surface area contributed by atoms with E-state index in [0.29, 0.717) is 45.8 Å². The minimum absolute atomic E-state index is 0.0822. The SMILES string of the molecule is COc1cc(-c2noc(-c3ccc4c(c3)OCO4)n2)ccc1OCc1ccccc1F. The highest BCUT2D eigenvalue weighted by Crippen LogP contribution is 2.37. The molecule has 0 saturated carbocycles. The molecule has 8 heteroatoms. The van der Waals surface area contributed by atoms with Crippen LogP contribution in [-0.4, -0.2) is 24.0 Å². The fourth-order valence-corrected chi connectivity index (χ4v) is 3.18. The quantitative estimate of drug-likeness (QED) is 0.441. The van der Waals surface area contributed by atoms with Crippen LogP contribution in [0.15, 0.2) is 65.2 Å². The highest BCUT2D eigenvalue weighted by atomic mass is 19.1. The van der Waals surface area contributed by atoms with E-state index in [-0.39, 0.29) is 19.2 Å². The second-order valence-electron chi connectivity index (χ2n) is 6.74. The first-order valence-electron chi connectivity index (χ1n) is 9.49. The largest absolute Gasteiger partial charge is 0.493 e. The maximum atomic E-state index is 13.8. The third-order valence-corrected chi connectivity index (χ3v) is 4.81. The molecule has 156 valence electrons. The van der Waals surface area contributed by atoms with Gasteiger partial charge >= 0.3 is 0 Å². The molecule has 1 aromatic heterocycles. The summed E-state index contributed by atoms with van der Waals surface area (Å²) in [5.41, 5.74) is 1.87. The maximum Gasteiger partial charge on any atom is 0.258 e. The van der Waals surface area contributed by atoms with E-state index in [4.69, 9.17) is 23.5 Å². The zero-order chi connectivity index (χ0) is 21.2. The fourth-order valence-electron chi connectivity index (χ4n) is 3.18. The van der Waals surface area contributed by atoms with Crippen molar-refractivity contribution in [2.45, 2.75) is 6.61 Å². The van der Waals surface area contributed by atoms with Crippen LogP contribution in [0.25, 0.3) is 22.8 Å². The van der Waals surface area contributed by atoms with E-state index < -0.39 is 0 Å². The Bertz CT molecular complexity index is 1240. The number of halogens is 1. The van der Waals surface area contributed by atoms with Crippen molar-refractivity contribution in [1.29, 1.82) is 0 Å². The lowest BCUT2D eigenvalue weighted by Crippen LogP contribution is -2.00. The van der Waals surface area contributed by atoms with Gasteiger partial charge in [0.15, 0.2) is 23.0 Å². The molecule has 31 heavy (non-hydrogen) atoms. The Morgan fingerprint density at radius 2 is 1.77 bits per heavy atom. The smallest absolute Gasteiger partial charge is 0.258 e. The Balaban J connectivity index is 1.37. The van der Waals surface area contributed by atoms with Crippen LogP contribution in [0.1, 0.15) is 5.56 Å². The average molecular weight is 420 g/mol. The number of fused-ring (bicyclic) bond motifs is 1. The molecule has 0 fully saturated rings. The Morgan fingerprint density at radius 3 is 2.65 bits per heavy atom. The van der Waals surface area contributed by atoms with Crippen LogP contribution in [0.5, 0.6) is 23.0 Å². The van der Waals surface area contributed by atoms with Crippen LogP contribution in [0.2, 0.25) is 0 Å². The third-order valence-electron chi connectivity index (χ3n) is 4.81. The Kier molecular flexibility index (Phi) is 4.87. The van der Waals surface area contributed by atoms with Gasteiger partial charge in [0.05, 0.1) is 7.11 Å². The third kappa shape index (κ3) is 3.75. The summed E-state index contributed by atoms with van der Waals surface area (Å²) in [4.78, 5) is 4.47. The lowest BCUT2D eigenvalue weighted by Gasteiger charge is -2.11. The summed E-state index contributed by atoms with van der Waals surface area (Å²) in [7, 11) is 1.53. The van der Waals surface area contributed by atoms with E-state index in [2.05, 4.69) is 10.1 Å². The zero-order valence-electron chi connectivity index (χ0n) is 16.5. The van der Waals surface area contributed by atoms with Crippen molar-refractivity contribution in [3.63, 3.8) is 0 Å². The molecule has 5 rings (SSSR count). The van der Waals surface area contributed by atoms with E-state index in [9.17, 15) is 4.39 Å². The van der Waals surface area contributed by atoms with Gasteiger partial charge in [0.2, 0.25) is 12.6 Å². The summed E-state index contributed by atoms with van der Waals surface area (Å²) in [6.45, 7) is 0.276. The lowest BCUT2D eigenvalue weighted by molar-refractivity contribution is 0.174. The molecule has 4 aromatic rings. The van der Waals surface area contributed by atoms with Gasteiger partial charge in [-0.15, -0.1) is 0 Å². The van der Waals surface area contributed by atoms with Gasteiger partial charge in [-0.1, -0.05) is 23.4 Å². The maximum absolute atomic E-state index is 13.8. The predicted octanol–water partition coefficient (Wildman–Crippen LogP) is 4.86. The minimum atomic E-state index is -0.319. The number of aromatic nitrogens is 2. The molecule has 0 aliphatic carbocycles. The van der Waals surface area contributed by atoms with Gasteiger partial charge in [0.25, 0.3) is 5.89 Å². The lowest BCUT2D eigenvalue weighted by atomic mass is 10.1. The summed E-state index contributed by atoms with van der Waals surface area (Å²) in [5.74, 6) is 2.70. The molecule has 7 nitrogen and oxygen atoms in total. The first-order valence-corrected chi connectivity index (χ1v) is 9.49. The zero-order valence-corrected chi connectivity index (χ0v) is 16.5. The monoisotopic (exact) mass is 420 g/mol. The molecular weight excluding hydrogens is 403 g/mol. The van der Waals surface area contributed by atoms with Crippen molar-refractivity contribution in [1.82, 2.24) is 10.1 Å². The molecule has 0 atom stereocenters. The fraction of sp³-hybridized carbons (Fsp3) is 0.130. The molecular formula is C23H17FN2O5. The first-order chi connectivity index (χ1) is 15.2. The van der Waals surface area contributed by atoms with Crippen LogP contribution < -0.4 is 18.9 Å². The van der Waals surface area contributed by atoms with Gasteiger partial charge in [-0.2, -0.15) is 4.98 Å². The van der Waals surface area contributed by atoms with Gasteiger partial charge < -0.3 is 23.5 Å². The summed E-state index contributed by atoms with van der Waals surface area (Å²) in [6.07, 6.45) is 0. The number of hydrogen-bond donors (Lipinski definition) is 0. The number of benzene rings is 3. The molecule has 3 aromatic carbocycles. The predicted molar refractivity (Wildman–Crippen MR) is 109 cm³/mol. The number of rotatable bonds is 6. The van der Waals surface area contributed by atoms with Gasteiger partial charge in [-0.05, 0) is 42.5 Å². The molecule has 0 radical (unpaired) electrons. The summed E-state index contributed by atoms with van der Waals surface area (Å²) in [5, 5.41) is 4.06. The number of hydrogen-bond acceptors (Lipinski definition) is 7. The second-order valence-corrected chi connectivity index (χ2v) is 6.74. The molecule has 0 saturated heterocycles. The van der Waals surface area contributed by atoms with Crippen molar-refractivity contribution >= 4 is 0 Å². The molecule has 0 bridgehead atoms. The van der Waals surface area contributed by atoms with Crippen LogP contribution in [0, 0.1) is 5.82 Å². The second kappa shape index (κ2) is 7.98. The van der Waals surface area contributed by atoms with Crippen LogP contribution >= 0.6 is 0 Å². The Labute approximate surface area is 176 Å². The topological polar surface area (TPSA) is 75.8 Å². The molecule has 1 aliphatic rings. The molecule has 2 heterocycles. The average Bonchev–Trinajstić information content (AvgIpc) is 3.47. The summed E-state index contributed by atoms with van der Waals surface area (Å²) < 4.78 is 41.1. The standard InChI is InChI=1S/C23H17FN2O5/c1-27-20-10-14(6-8-18(20)28-12-16-4-2-3-5-17(16)24)22-25-23(31-26-22)15-7-9-19-21(11-15)30-13-29-19/h2-11H,12-13H2,1H3. The summed E-state index contributed by atoms with van der Waals surface area (Å²) in [6, 6.07) is 17.1. The number of methoxy groups -OCH3 is 1. The van der Waals surface area contributed by atoms with Crippen LogP contribution in [0.4, 0.5) is 4.39 Å². The van der Waals surface area contributed by atoms with Gasteiger partial charge in [0.1, 0.15) is 12.4 Å². The van der Waals surface area contributed by atoms with E-state index >= 15 is 0 Å². The van der Waals surface area contributed by atoms with Crippen molar-refractivity contribution < 1.29 is 27.9 Å². The minimum Gasteiger partial charge on any atom is -0.493 e. The summed E-state index contributed by atoms with van der Waals surface area (Å²) >= 11 is 0. The van der Waals surface area contributed by atoms with E-state index in [1.165, 1.54) is 13.2 Å².